The Morgan fingerprint density at radius 3 is 2.27 bits per heavy atom. The van der Waals surface area contributed by atoms with Crippen LogP contribution in [0.15, 0.2) is 59.5 Å². The summed E-state index contributed by atoms with van der Waals surface area (Å²) < 4.78 is 23.1. The lowest BCUT2D eigenvalue weighted by Crippen LogP contribution is -2.35. The van der Waals surface area contributed by atoms with E-state index in [1.54, 1.807) is 12.1 Å². The number of sulfone groups is 1. The summed E-state index contributed by atoms with van der Waals surface area (Å²) in [4.78, 5) is 17.2. The van der Waals surface area contributed by atoms with E-state index in [0.29, 0.717) is 12.1 Å². The fourth-order valence-electron chi connectivity index (χ4n) is 3.20. The van der Waals surface area contributed by atoms with Crippen LogP contribution in [0.1, 0.15) is 22.3 Å². The molecule has 0 spiro atoms. The number of hydrogen-bond donors (Lipinski definition) is 0. The minimum Gasteiger partial charge on any atom is -0.337 e. The lowest BCUT2D eigenvalue weighted by molar-refractivity contribution is 0.0761. The van der Waals surface area contributed by atoms with Crippen LogP contribution >= 0.6 is 0 Å². The van der Waals surface area contributed by atoms with Crippen LogP contribution in [0.3, 0.4) is 0 Å². The summed E-state index contributed by atoms with van der Waals surface area (Å²) in [6.07, 6.45) is 2.10. The van der Waals surface area contributed by atoms with Gasteiger partial charge in [0, 0.05) is 44.5 Å². The summed E-state index contributed by atoms with van der Waals surface area (Å²) in [5.74, 6) is -0.0355. The van der Waals surface area contributed by atoms with Crippen molar-refractivity contribution >= 4 is 15.7 Å². The summed E-state index contributed by atoms with van der Waals surface area (Å²) >= 11 is 0. The van der Waals surface area contributed by atoms with Gasteiger partial charge in [-0.25, -0.2) is 8.42 Å². The zero-order valence-electron chi connectivity index (χ0n) is 15.0. The van der Waals surface area contributed by atoms with Crippen LogP contribution in [0.5, 0.6) is 0 Å². The predicted octanol–water partition coefficient (Wildman–Crippen LogP) is 2.44. The molecule has 0 aromatic heterocycles. The van der Waals surface area contributed by atoms with Gasteiger partial charge in [0.1, 0.15) is 0 Å². The molecule has 0 saturated carbocycles. The van der Waals surface area contributed by atoms with Crippen molar-refractivity contribution in [1.82, 2.24) is 9.80 Å². The van der Waals surface area contributed by atoms with Gasteiger partial charge in [0.15, 0.2) is 9.84 Å². The summed E-state index contributed by atoms with van der Waals surface area (Å²) in [5, 5.41) is 0. The molecule has 0 radical (unpaired) electrons. The first-order valence-corrected chi connectivity index (χ1v) is 10.7. The molecule has 0 atom stereocenters. The topological polar surface area (TPSA) is 57.7 Å². The number of amides is 1. The van der Waals surface area contributed by atoms with E-state index in [0.717, 1.165) is 32.6 Å². The molecule has 1 aliphatic heterocycles. The van der Waals surface area contributed by atoms with E-state index in [9.17, 15) is 13.2 Å². The molecule has 6 heteroatoms. The maximum Gasteiger partial charge on any atom is 0.253 e. The van der Waals surface area contributed by atoms with E-state index in [2.05, 4.69) is 17.0 Å². The fraction of sp³-hybridized carbons (Fsp3) is 0.350. The number of benzene rings is 2. The Labute approximate surface area is 155 Å². The molecule has 0 N–H and O–H groups in total. The Hall–Kier alpha value is -2.18. The molecule has 0 bridgehead atoms. The first kappa shape index (κ1) is 18.6. The summed E-state index contributed by atoms with van der Waals surface area (Å²) in [5.41, 5.74) is 1.82. The third kappa shape index (κ3) is 4.71. The van der Waals surface area contributed by atoms with E-state index < -0.39 is 9.84 Å². The number of nitrogens with zero attached hydrogens (tertiary/aromatic N) is 2. The molecular weight excluding hydrogens is 348 g/mol. The molecule has 2 aromatic rings. The quantitative estimate of drug-likeness (QED) is 0.827. The largest absolute Gasteiger partial charge is 0.337 e. The van der Waals surface area contributed by atoms with E-state index in [1.165, 1.54) is 24.0 Å². The van der Waals surface area contributed by atoms with Crippen LogP contribution < -0.4 is 0 Å². The number of carbonyl (C=O) groups excluding carboxylic acids is 1. The van der Waals surface area contributed by atoms with E-state index >= 15 is 0 Å². The van der Waals surface area contributed by atoms with Gasteiger partial charge in [-0.15, -0.1) is 0 Å². The highest BCUT2D eigenvalue weighted by atomic mass is 32.2. The van der Waals surface area contributed by atoms with Crippen LogP contribution in [-0.2, 0) is 16.4 Å². The summed E-state index contributed by atoms with van der Waals surface area (Å²) in [7, 11) is -3.24. The van der Waals surface area contributed by atoms with Gasteiger partial charge in [-0.1, -0.05) is 30.3 Å². The van der Waals surface area contributed by atoms with Gasteiger partial charge in [-0.05, 0) is 36.2 Å². The predicted molar refractivity (Wildman–Crippen MR) is 102 cm³/mol. The molecule has 138 valence electrons. The maximum absolute atomic E-state index is 12.7. The molecule has 0 aliphatic carbocycles. The zero-order valence-corrected chi connectivity index (χ0v) is 15.8. The Balaban J connectivity index is 1.62. The molecule has 1 amide bonds. The van der Waals surface area contributed by atoms with Gasteiger partial charge in [-0.2, -0.15) is 0 Å². The highest BCUT2D eigenvalue weighted by molar-refractivity contribution is 7.90. The molecule has 0 unspecified atom stereocenters. The smallest absolute Gasteiger partial charge is 0.253 e. The monoisotopic (exact) mass is 372 g/mol. The standard InChI is InChI=1S/C20H24N2O3S/c1-26(24,25)19-10-8-18(9-11-19)20(23)22-13-5-12-21(14-15-22)16-17-6-3-2-4-7-17/h2-4,6-11H,5,12-16H2,1H3. The second-order valence-electron chi connectivity index (χ2n) is 6.70. The Morgan fingerprint density at radius 2 is 1.62 bits per heavy atom. The third-order valence-electron chi connectivity index (χ3n) is 4.65. The molecule has 1 heterocycles. The Morgan fingerprint density at radius 1 is 0.923 bits per heavy atom. The minimum atomic E-state index is -3.24. The highest BCUT2D eigenvalue weighted by Crippen LogP contribution is 2.14. The van der Waals surface area contributed by atoms with Gasteiger partial charge in [0.25, 0.3) is 5.91 Å². The maximum atomic E-state index is 12.7. The molecule has 3 rings (SSSR count). The molecule has 26 heavy (non-hydrogen) atoms. The van der Waals surface area contributed by atoms with E-state index in [-0.39, 0.29) is 10.8 Å². The first-order chi connectivity index (χ1) is 12.4. The lowest BCUT2D eigenvalue weighted by Gasteiger charge is -2.22. The summed E-state index contributed by atoms with van der Waals surface area (Å²) in [6.45, 7) is 4.09. The minimum absolute atomic E-state index is 0.0355. The number of rotatable bonds is 4. The number of hydrogen-bond acceptors (Lipinski definition) is 4. The van der Waals surface area contributed by atoms with Gasteiger partial charge < -0.3 is 4.90 Å². The lowest BCUT2D eigenvalue weighted by atomic mass is 10.2. The van der Waals surface area contributed by atoms with Crippen molar-refractivity contribution in [1.29, 1.82) is 0 Å². The zero-order chi connectivity index (χ0) is 18.6. The van der Waals surface area contributed by atoms with Crippen molar-refractivity contribution < 1.29 is 13.2 Å². The first-order valence-electron chi connectivity index (χ1n) is 8.79. The Bertz CT molecular complexity index is 848. The van der Waals surface area contributed by atoms with Crippen LogP contribution in [0, 0.1) is 0 Å². The highest BCUT2D eigenvalue weighted by Gasteiger charge is 2.20. The van der Waals surface area contributed by atoms with Gasteiger partial charge in [0.05, 0.1) is 4.90 Å². The average molecular weight is 372 g/mol. The van der Waals surface area contributed by atoms with E-state index in [4.69, 9.17) is 0 Å². The number of carbonyl (C=O) groups is 1. The van der Waals surface area contributed by atoms with Crippen molar-refractivity contribution in [3.05, 3.63) is 65.7 Å². The van der Waals surface area contributed by atoms with Crippen molar-refractivity contribution in [2.24, 2.45) is 0 Å². The second-order valence-corrected chi connectivity index (χ2v) is 8.72. The van der Waals surface area contributed by atoms with Crippen molar-refractivity contribution in [3.63, 3.8) is 0 Å². The SMILES string of the molecule is CS(=O)(=O)c1ccc(C(=O)N2CCCN(Cc3ccccc3)CC2)cc1. The van der Waals surface area contributed by atoms with E-state index in [1.807, 2.05) is 23.1 Å². The average Bonchev–Trinajstić information content (AvgIpc) is 2.87. The van der Waals surface area contributed by atoms with Crippen molar-refractivity contribution in [2.45, 2.75) is 17.9 Å². The van der Waals surface area contributed by atoms with Crippen LogP contribution in [0.2, 0.25) is 0 Å². The summed E-state index contributed by atoms with van der Waals surface area (Å²) in [6, 6.07) is 16.6. The molecule has 1 saturated heterocycles. The molecule has 5 nitrogen and oxygen atoms in total. The normalized spacial score (nSPS) is 16.3. The molecule has 2 aromatic carbocycles. The third-order valence-corrected chi connectivity index (χ3v) is 5.78. The second kappa shape index (κ2) is 8.01. The van der Waals surface area contributed by atoms with Crippen molar-refractivity contribution in [2.75, 3.05) is 32.4 Å². The van der Waals surface area contributed by atoms with Crippen LogP contribution in [0.4, 0.5) is 0 Å². The fourth-order valence-corrected chi connectivity index (χ4v) is 3.83. The van der Waals surface area contributed by atoms with Gasteiger partial charge in [0.2, 0.25) is 0 Å². The molecular formula is C20H24N2O3S. The van der Waals surface area contributed by atoms with Crippen LogP contribution in [-0.4, -0.2) is 56.6 Å². The van der Waals surface area contributed by atoms with Gasteiger partial charge >= 0.3 is 0 Å². The van der Waals surface area contributed by atoms with Gasteiger partial charge in [-0.3, -0.25) is 9.69 Å². The molecule has 1 aliphatic rings. The van der Waals surface area contributed by atoms with Crippen LogP contribution in [0.25, 0.3) is 0 Å². The van der Waals surface area contributed by atoms with Crippen molar-refractivity contribution in [3.8, 4) is 0 Å². The molecule has 1 fully saturated rings. The Kier molecular flexibility index (Phi) is 5.74.